The summed E-state index contributed by atoms with van der Waals surface area (Å²) < 4.78 is 55.1. The van der Waals surface area contributed by atoms with Gasteiger partial charge in [-0.05, 0) is 61.9 Å². The van der Waals surface area contributed by atoms with Gasteiger partial charge in [-0.3, -0.25) is 13.9 Å². The van der Waals surface area contributed by atoms with Crippen molar-refractivity contribution in [3.05, 3.63) is 120 Å². The highest BCUT2D eigenvalue weighted by Crippen LogP contribution is 2.33. The van der Waals surface area contributed by atoms with E-state index in [0.29, 0.717) is 5.75 Å². The van der Waals surface area contributed by atoms with Crippen molar-refractivity contribution in [2.45, 2.75) is 43.8 Å². The van der Waals surface area contributed by atoms with Crippen molar-refractivity contribution in [3.8, 4) is 11.5 Å². The molecule has 2 amide bonds. The summed E-state index contributed by atoms with van der Waals surface area (Å²) in [5, 5.41) is 2.88. The first-order chi connectivity index (χ1) is 22.0. The lowest BCUT2D eigenvalue weighted by Gasteiger charge is -2.34. The van der Waals surface area contributed by atoms with E-state index in [2.05, 4.69) is 5.32 Å². The van der Waals surface area contributed by atoms with Crippen molar-refractivity contribution in [1.82, 2.24) is 10.2 Å². The number of sulfonamides is 1. The van der Waals surface area contributed by atoms with Crippen LogP contribution in [0.5, 0.6) is 11.5 Å². The Kier molecular flexibility index (Phi) is 11.4. The second kappa shape index (κ2) is 15.4. The number of hydrogen-bond acceptors (Lipinski definition) is 6. The van der Waals surface area contributed by atoms with Crippen molar-refractivity contribution in [2.24, 2.45) is 0 Å². The van der Waals surface area contributed by atoms with Gasteiger partial charge in [-0.2, -0.15) is 0 Å². The van der Waals surface area contributed by atoms with Crippen LogP contribution < -0.4 is 19.1 Å². The number of halogens is 1. The molecule has 1 atom stereocenters. The predicted molar refractivity (Wildman–Crippen MR) is 175 cm³/mol. The molecule has 9 nitrogen and oxygen atoms in total. The van der Waals surface area contributed by atoms with Gasteiger partial charge in [-0.25, -0.2) is 12.8 Å². The zero-order valence-corrected chi connectivity index (χ0v) is 27.0. The maximum atomic E-state index is 15.0. The number of benzene rings is 4. The van der Waals surface area contributed by atoms with Gasteiger partial charge in [-0.15, -0.1) is 0 Å². The fourth-order valence-electron chi connectivity index (χ4n) is 4.97. The molecule has 1 N–H and O–H groups in total. The van der Waals surface area contributed by atoms with E-state index in [1.54, 1.807) is 38.1 Å². The summed E-state index contributed by atoms with van der Waals surface area (Å²) in [7, 11) is -1.50. The fraction of sp³-hybridized carbons (Fsp3) is 0.257. The van der Waals surface area contributed by atoms with Crippen LogP contribution in [0, 0.1) is 5.82 Å². The molecule has 0 aromatic heterocycles. The molecule has 0 aliphatic rings. The molecular formula is C35H38FN3O6S. The largest absolute Gasteiger partial charge is 0.497 e. The van der Waals surface area contributed by atoms with E-state index < -0.39 is 40.2 Å². The molecular weight excluding hydrogens is 609 g/mol. The summed E-state index contributed by atoms with van der Waals surface area (Å²) in [6, 6.07) is 26.0. The van der Waals surface area contributed by atoms with Crippen LogP contribution in [0.15, 0.2) is 108 Å². The second-order valence-electron chi connectivity index (χ2n) is 10.8. The third-order valence-electron chi connectivity index (χ3n) is 7.28. The minimum Gasteiger partial charge on any atom is -0.497 e. The first kappa shape index (κ1) is 34.0. The fourth-order valence-corrected chi connectivity index (χ4v) is 6.39. The average Bonchev–Trinajstić information content (AvgIpc) is 3.06. The van der Waals surface area contributed by atoms with Crippen LogP contribution in [0.3, 0.4) is 0 Å². The predicted octanol–water partition coefficient (Wildman–Crippen LogP) is 5.20. The number of carbonyl (C=O) groups is 2. The summed E-state index contributed by atoms with van der Waals surface area (Å²) in [5.74, 6) is -1.06. The number of rotatable bonds is 14. The first-order valence-corrected chi connectivity index (χ1v) is 16.2. The summed E-state index contributed by atoms with van der Waals surface area (Å²) in [6.07, 6.45) is 0.111. The van der Waals surface area contributed by atoms with Crippen LogP contribution in [-0.4, -0.2) is 58.0 Å². The van der Waals surface area contributed by atoms with Gasteiger partial charge in [0.25, 0.3) is 10.0 Å². The SMILES string of the molecule is COc1ccc(S(=O)(=O)N(CC(=O)N(Cc2ccccc2F)C(Cc2ccccc2)C(=O)NC(C)C)c2ccccc2OC)cc1. The lowest BCUT2D eigenvalue weighted by Crippen LogP contribution is -2.54. The molecule has 0 spiro atoms. The van der Waals surface area contributed by atoms with Gasteiger partial charge in [-0.1, -0.05) is 60.7 Å². The van der Waals surface area contributed by atoms with Crippen LogP contribution in [-0.2, 0) is 32.6 Å². The molecule has 4 aromatic rings. The number of para-hydroxylation sites is 2. The number of carbonyl (C=O) groups excluding carboxylic acids is 2. The maximum Gasteiger partial charge on any atom is 0.264 e. The van der Waals surface area contributed by atoms with E-state index in [9.17, 15) is 18.0 Å². The van der Waals surface area contributed by atoms with Crippen molar-refractivity contribution in [1.29, 1.82) is 0 Å². The average molecular weight is 648 g/mol. The molecule has 0 heterocycles. The smallest absolute Gasteiger partial charge is 0.264 e. The van der Waals surface area contributed by atoms with Crippen molar-refractivity contribution >= 4 is 27.5 Å². The molecule has 0 aliphatic heterocycles. The number of nitrogens with one attached hydrogen (secondary N) is 1. The zero-order valence-electron chi connectivity index (χ0n) is 26.2. The molecule has 0 radical (unpaired) electrons. The van der Waals surface area contributed by atoms with E-state index >= 15 is 4.39 Å². The molecule has 1 unspecified atom stereocenters. The Hall–Kier alpha value is -4.90. The molecule has 242 valence electrons. The summed E-state index contributed by atoms with van der Waals surface area (Å²) in [6.45, 7) is 2.61. The van der Waals surface area contributed by atoms with Crippen molar-refractivity contribution in [3.63, 3.8) is 0 Å². The molecule has 0 saturated carbocycles. The Bertz CT molecular complexity index is 1730. The first-order valence-electron chi connectivity index (χ1n) is 14.7. The molecule has 0 saturated heterocycles. The standard InChI is InChI=1S/C35H38FN3O6S/c1-25(2)37-35(41)32(22-26-12-6-5-7-13-26)38(23-27-14-8-9-15-30(27)36)34(40)24-39(31-16-10-11-17-33(31)45-4)46(42,43)29-20-18-28(44-3)19-21-29/h5-21,25,32H,22-24H2,1-4H3,(H,37,41). The van der Waals surface area contributed by atoms with Gasteiger partial charge in [0.1, 0.15) is 29.9 Å². The molecule has 0 fully saturated rings. The highest BCUT2D eigenvalue weighted by Gasteiger charge is 2.36. The lowest BCUT2D eigenvalue weighted by molar-refractivity contribution is -0.140. The monoisotopic (exact) mass is 647 g/mol. The number of anilines is 1. The molecule has 4 aromatic carbocycles. The van der Waals surface area contributed by atoms with Crippen LogP contribution in [0.25, 0.3) is 0 Å². The number of amides is 2. The highest BCUT2D eigenvalue weighted by atomic mass is 32.2. The minimum absolute atomic E-state index is 0.0916. The van der Waals surface area contributed by atoms with Crippen LogP contribution in [0.2, 0.25) is 0 Å². The maximum absolute atomic E-state index is 15.0. The van der Waals surface area contributed by atoms with Gasteiger partial charge in [0.05, 0.1) is 24.8 Å². The van der Waals surface area contributed by atoms with E-state index in [-0.39, 0.29) is 40.9 Å². The van der Waals surface area contributed by atoms with Gasteiger partial charge in [0, 0.05) is 24.6 Å². The minimum atomic E-state index is -4.37. The Morgan fingerprint density at radius 1 is 0.826 bits per heavy atom. The molecule has 11 heteroatoms. The normalized spacial score (nSPS) is 11.9. The Labute approximate surface area is 269 Å². The Morgan fingerprint density at radius 3 is 2.09 bits per heavy atom. The molecule has 4 rings (SSSR count). The number of hydrogen-bond donors (Lipinski definition) is 1. The van der Waals surface area contributed by atoms with Crippen molar-refractivity contribution < 1.29 is 31.9 Å². The van der Waals surface area contributed by atoms with E-state index in [0.717, 1.165) is 9.87 Å². The van der Waals surface area contributed by atoms with E-state index in [1.807, 2.05) is 30.3 Å². The Morgan fingerprint density at radius 2 is 1.46 bits per heavy atom. The number of nitrogens with zero attached hydrogens (tertiary/aromatic N) is 2. The number of ether oxygens (including phenoxy) is 2. The van der Waals surface area contributed by atoms with Gasteiger partial charge >= 0.3 is 0 Å². The van der Waals surface area contributed by atoms with Crippen molar-refractivity contribution in [2.75, 3.05) is 25.1 Å². The molecule has 0 aliphatic carbocycles. The molecule has 46 heavy (non-hydrogen) atoms. The third kappa shape index (κ3) is 8.22. The second-order valence-corrected chi connectivity index (χ2v) is 12.7. The summed E-state index contributed by atoms with van der Waals surface area (Å²) in [5.41, 5.74) is 1.06. The van der Waals surface area contributed by atoms with E-state index in [4.69, 9.17) is 9.47 Å². The molecule has 0 bridgehead atoms. The topological polar surface area (TPSA) is 105 Å². The van der Waals surface area contributed by atoms with Gasteiger partial charge < -0.3 is 19.7 Å². The summed E-state index contributed by atoms with van der Waals surface area (Å²) >= 11 is 0. The van der Waals surface area contributed by atoms with E-state index in [1.165, 1.54) is 67.7 Å². The highest BCUT2D eigenvalue weighted by molar-refractivity contribution is 7.92. The zero-order chi connectivity index (χ0) is 33.3. The van der Waals surface area contributed by atoms with Gasteiger partial charge in [0.15, 0.2) is 0 Å². The quantitative estimate of drug-likeness (QED) is 0.202. The van der Waals surface area contributed by atoms with Crippen LogP contribution >= 0.6 is 0 Å². The lowest BCUT2D eigenvalue weighted by atomic mass is 10.0. The van der Waals surface area contributed by atoms with Crippen LogP contribution in [0.1, 0.15) is 25.0 Å². The summed E-state index contributed by atoms with van der Waals surface area (Å²) in [4.78, 5) is 29.4. The number of methoxy groups -OCH3 is 2. The van der Waals surface area contributed by atoms with Crippen LogP contribution in [0.4, 0.5) is 10.1 Å². The Balaban J connectivity index is 1.84. The third-order valence-corrected chi connectivity index (χ3v) is 9.05. The van der Waals surface area contributed by atoms with Gasteiger partial charge in [0.2, 0.25) is 11.8 Å².